The van der Waals surface area contributed by atoms with E-state index in [9.17, 15) is 13.2 Å². The van der Waals surface area contributed by atoms with E-state index in [1.807, 2.05) is 0 Å². The molecular weight excluding hydrogens is 354 g/mol. The van der Waals surface area contributed by atoms with E-state index in [0.29, 0.717) is 0 Å². The lowest BCUT2D eigenvalue weighted by molar-refractivity contribution is 0.0527. The summed E-state index contributed by atoms with van der Waals surface area (Å²) in [4.78, 5) is 11.8. The van der Waals surface area contributed by atoms with Crippen LogP contribution in [0.15, 0.2) is 47.4 Å². The molecule has 0 saturated carbocycles. The van der Waals surface area contributed by atoms with E-state index in [0.717, 1.165) is 0 Å². The zero-order valence-electron chi connectivity index (χ0n) is 13.1. The van der Waals surface area contributed by atoms with E-state index in [1.165, 1.54) is 37.4 Å². The van der Waals surface area contributed by atoms with E-state index in [1.54, 1.807) is 19.1 Å². The predicted octanol–water partition coefficient (Wildman–Crippen LogP) is 3.33. The lowest BCUT2D eigenvalue weighted by atomic mass is 10.2. The third kappa shape index (κ3) is 3.98. The molecule has 0 aliphatic rings. The molecule has 0 aromatic heterocycles. The monoisotopic (exact) mass is 369 g/mol. The molecule has 0 heterocycles. The minimum atomic E-state index is -4.02. The molecule has 128 valence electrons. The van der Waals surface area contributed by atoms with Crippen LogP contribution >= 0.6 is 11.6 Å². The molecule has 0 saturated heterocycles. The van der Waals surface area contributed by atoms with Gasteiger partial charge in [-0.1, -0.05) is 23.7 Å². The van der Waals surface area contributed by atoms with Crippen LogP contribution < -0.4 is 9.46 Å². The fourth-order valence-corrected chi connectivity index (χ4v) is 3.53. The van der Waals surface area contributed by atoms with Gasteiger partial charge >= 0.3 is 5.97 Å². The Hall–Kier alpha value is -2.25. The van der Waals surface area contributed by atoms with Gasteiger partial charge in [0.1, 0.15) is 10.6 Å². The Balaban J connectivity index is 2.44. The molecule has 6 nitrogen and oxygen atoms in total. The van der Waals surface area contributed by atoms with Crippen LogP contribution in [0, 0.1) is 0 Å². The first-order chi connectivity index (χ1) is 11.4. The topological polar surface area (TPSA) is 81.7 Å². The SMILES string of the molecule is CCOC(=O)c1ccccc1NS(=O)(=O)c1cc(Cl)ccc1OC. The Labute approximate surface area is 145 Å². The maximum absolute atomic E-state index is 12.7. The zero-order chi connectivity index (χ0) is 17.7. The molecule has 2 aromatic carbocycles. The van der Waals surface area contributed by atoms with Crippen molar-refractivity contribution in [2.45, 2.75) is 11.8 Å². The molecule has 8 heteroatoms. The number of carbonyl (C=O) groups excluding carboxylic acids is 1. The summed E-state index contributed by atoms with van der Waals surface area (Å²) >= 11 is 5.88. The van der Waals surface area contributed by atoms with E-state index in [2.05, 4.69) is 4.72 Å². The van der Waals surface area contributed by atoms with Crippen LogP contribution in [0.3, 0.4) is 0 Å². The molecule has 0 bridgehead atoms. The number of nitrogens with one attached hydrogen (secondary N) is 1. The first-order valence-corrected chi connectivity index (χ1v) is 8.87. The second-order valence-electron chi connectivity index (χ2n) is 4.67. The molecule has 0 fully saturated rings. The summed E-state index contributed by atoms with van der Waals surface area (Å²) in [6.45, 7) is 1.85. The molecule has 0 aliphatic heterocycles. The molecule has 24 heavy (non-hydrogen) atoms. The quantitative estimate of drug-likeness (QED) is 0.790. The highest BCUT2D eigenvalue weighted by atomic mass is 35.5. The van der Waals surface area contributed by atoms with E-state index in [4.69, 9.17) is 21.1 Å². The van der Waals surface area contributed by atoms with Gasteiger partial charge < -0.3 is 9.47 Å². The molecule has 0 aliphatic carbocycles. The highest BCUT2D eigenvalue weighted by Crippen LogP contribution is 2.29. The van der Waals surface area contributed by atoms with Gasteiger partial charge in [-0.05, 0) is 37.3 Å². The average Bonchev–Trinajstić information content (AvgIpc) is 2.55. The molecule has 0 radical (unpaired) electrons. The van der Waals surface area contributed by atoms with Crippen molar-refractivity contribution in [3.05, 3.63) is 53.1 Å². The van der Waals surface area contributed by atoms with Gasteiger partial charge in [0.05, 0.1) is 25.0 Å². The van der Waals surface area contributed by atoms with Gasteiger partial charge in [-0.25, -0.2) is 13.2 Å². The van der Waals surface area contributed by atoms with Crippen molar-refractivity contribution in [3.8, 4) is 5.75 Å². The molecule has 0 atom stereocenters. The van der Waals surface area contributed by atoms with Crippen LogP contribution in [0.1, 0.15) is 17.3 Å². The first-order valence-electron chi connectivity index (χ1n) is 7.01. The second kappa shape index (κ2) is 7.55. The van der Waals surface area contributed by atoms with Crippen molar-refractivity contribution in [3.63, 3.8) is 0 Å². The summed E-state index contributed by atoms with van der Waals surface area (Å²) < 4.78 is 37.7. The summed E-state index contributed by atoms with van der Waals surface area (Å²) in [5.74, 6) is -0.477. The van der Waals surface area contributed by atoms with Gasteiger partial charge in [0.2, 0.25) is 0 Å². The van der Waals surface area contributed by atoms with Crippen LogP contribution in [0.25, 0.3) is 0 Å². The lowest BCUT2D eigenvalue weighted by Gasteiger charge is -2.14. The number of ether oxygens (including phenoxy) is 2. The molecule has 1 N–H and O–H groups in total. The first kappa shape index (κ1) is 18.1. The Morgan fingerprint density at radius 1 is 1.21 bits per heavy atom. The Kier molecular flexibility index (Phi) is 5.69. The normalized spacial score (nSPS) is 11.0. The van der Waals surface area contributed by atoms with Crippen LogP contribution in [-0.2, 0) is 14.8 Å². The van der Waals surface area contributed by atoms with Crippen LogP contribution in [0.5, 0.6) is 5.75 Å². The highest BCUT2D eigenvalue weighted by Gasteiger charge is 2.23. The molecule has 2 rings (SSSR count). The molecule has 2 aromatic rings. The molecular formula is C16H16ClNO5S. The van der Waals surface area contributed by atoms with E-state index in [-0.39, 0.29) is 33.5 Å². The Bertz CT molecular complexity index is 851. The number of halogens is 1. The maximum Gasteiger partial charge on any atom is 0.340 e. The third-order valence-electron chi connectivity index (χ3n) is 3.08. The summed E-state index contributed by atoms with van der Waals surface area (Å²) in [6.07, 6.45) is 0. The number of sulfonamides is 1. The number of methoxy groups -OCH3 is 1. The average molecular weight is 370 g/mol. The fourth-order valence-electron chi connectivity index (χ4n) is 2.02. The number of anilines is 1. The largest absolute Gasteiger partial charge is 0.495 e. The second-order valence-corrected chi connectivity index (χ2v) is 6.75. The van der Waals surface area contributed by atoms with Crippen molar-refractivity contribution >= 4 is 33.3 Å². The lowest BCUT2D eigenvalue weighted by Crippen LogP contribution is -2.17. The molecule has 0 unspecified atom stereocenters. The smallest absolute Gasteiger partial charge is 0.340 e. The van der Waals surface area contributed by atoms with Gasteiger partial charge in [-0.15, -0.1) is 0 Å². The maximum atomic E-state index is 12.7. The van der Waals surface area contributed by atoms with E-state index < -0.39 is 16.0 Å². The summed E-state index contributed by atoms with van der Waals surface area (Å²) in [5.41, 5.74) is 0.224. The van der Waals surface area contributed by atoms with E-state index >= 15 is 0 Å². The number of rotatable bonds is 6. The van der Waals surface area contributed by atoms with Gasteiger partial charge in [-0.2, -0.15) is 0 Å². The summed E-state index contributed by atoms with van der Waals surface area (Å²) in [6, 6.07) is 10.4. The number of hydrogen-bond acceptors (Lipinski definition) is 5. The van der Waals surface area contributed by atoms with Crippen molar-refractivity contribution < 1.29 is 22.7 Å². The van der Waals surface area contributed by atoms with Gasteiger partial charge in [0.15, 0.2) is 0 Å². The molecule has 0 spiro atoms. The van der Waals surface area contributed by atoms with Crippen molar-refractivity contribution in [1.29, 1.82) is 0 Å². The fraction of sp³-hybridized carbons (Fsp3) is 0.188. The van der Waals surface area contributed by atoms with Crippen molar-refractivity contribution in [2.24, 2.45) is 0 Å². The Morgan fingerprint density at radius 3 is 2.58 bits per heavy atom. The van der Waals surface area contributed by atoms with Crippen LogP contribution in [0.2, 0.25) is 5.02 Å². The van der Waals surface area contributed by atoms with Crippen LogP contribution in [-0.4, -0.2) is 28.1 Å². The van der Waals surface area contributed by atoms with Crippen LogP contribution in [0.4, 0.5) is 5.69 Å². The molecule has 0 amide bonds. The predicted molar refractivity (Wildman–Crippen MR) is 91.2 cm³/mol. The Morgan fingerprint density at radius 2 is 1.92 bits per heavy atom. The van der Waals surface area contributed by atoms with Gasteiger partial charge in [0, 0.05) is 5.02 Å². The number of carbonyl (C=O) groups is 1. The minimum absolute atomic E-state index is 0.109. The minimum Gasteiger partial charge on any atom is -0.495 e. The van der Waals surface area contributed by atoms with Gasteiger partial charge in [0.25, 0.3) is 10.0 Å². The third-order valence-corrected chi connectivity index (χ3v) is 4.70. The number of benzene rings is 2. The standard InChI is InChI=1S/C16H16ClNO5S/c1-3-23-16(19)12-6-4-5-7-13(12)18-24(20,21)15-10-11(17)8-9-14(15)22-2/h4-10,18H,3H2,1-2H3. The van der Waals surface area contributed by atoms with Gasteiger partial charge in [-0.3, -0.25) is 4.72 Å². The zero-order valence-corrected chi connectivity index (χ0v) is 14.6. The summed E-state index contributed by atoms with van der Waals surface area (Å²) in [5, 5.41) is 0.245. The number of esters is 1. The summed E-state index contributed by atoms with van der Waals surface area (Å²) in [7, 11) is -2.66. The van der Waals surface area contributed by atoms with Crippen molar-refractivity contribution in [1.82, 2.24) is 0 Å². The van der Waals surface area contributed by atoms with Crippen molar-refractivity contribution in [2.75, 3.05) is 18.4 Å². The highest BCUT2D eigenvalue weighted by molar-refractivity contribution is 7.92. The number of hydrogen-bond donors (Lipinski definition) is 1. The number of para-hydroxylation sites is 1.